The third kappa shape index (κ3) is 6.16. The van der Waals surface area contributed by atoms with Gasteiger partial charge in [0, 0.05) is 37.6 Å². The Balaban J connectivity index is 1.40. The van der Waals surface area contributed by atoms with Crippen molar-refractivity contribution in [1.29, 1.82) is 0 Å². The molecule has 4 aromatic heterocycles. The third-order valence-corrected chi connectivity index (χ3v) is 7.34. The van der Waals surface area contributed by atoms with Crippen molar-refractivity contribution >= 4 is 45.8 Å². The van der Waals surface area contributed by atoms with Gasteiger partial charge < -0.3 is 18.6 Å². The molecular formula is C29H28N6O4S. The van der Waals surface area contributed by atoms with E-state index in [1.807, 2.05) is 47.0 Å². The third-order valence-electron chi connectivity index (χ3n) is 6.24. The van der Waals surface area contributed by atoms with Gasteiger partial charge in [-0.05, 0) is 42.5 Å². The lowest BCUT2D eigenvalue weighted by Crippen LogP contribution is -2.27. The summed E-state index contributed by atoms with van der Waals surface area (Å²) in [5.74, 6) is 0.656. The Bertz CT molecular complexity index is 1610. The Morgan fingerprint density at radius 2 is 2.12 bits per heavy atom. The highest BCUT2D eigenvalue weighted by Gasteiger charge is 2.19. The van der Waals surface area contributed by atoms with Crippen molar-refractivity contribution < 1.29 is 18.7 Å². The van der Waals surface area contributed by atoms with E-state index in [0.29, 0.717) is 54.0 Å². The molecule has 1 aromatic carbocycles. The predicted octanol–water partition coefficient (Wildman–Crippen LogP) is 5.20. The Kier molecular flexibility index (Phi) is 8.43. The number of nitrogens with zero attached hydrogens (tertiary/aromatic N) is 5. The minimum Gasteiger partial charge on any atom is -0.443 e. The molecule has 40 heavy (non-hydrogen) atoms. The summed E-state index contributed by atoms with van der Waals surface area (Å²) in [4.78, 5) is 41.9. The molecule has 0 atom stereocenters. The van der Waals surface area contributed by atoms with Crippen molar-refractivity contribution in [1.82, 2.24) is 19.5 Å². The second-order valence-corrected chi connectivity index (χ2v) is 9.96. The van der Waals surface area contributed by atoms with Gasteiger partial charge in [-0.25, -0.2) is 9.97 Å². The maximum Gasteiger partial charge on any atom is 0.268 e. The summed E-state index contributed by atoms with van der Waals surface area (Å²) < 4.78 is 12.7. The first-order chi connectivity index (χ1) is 19.5. The van der Waals surface area contributed by atoms with Gasteiger partial charge >= 0.3 is 0 Å². The molecule has 5 rings (SSSR count). The number of anilines is 2. The molecule has 11 heteroatoms. The van der Waals surface area contributed by atoms with Crippen LogP contribution >= 0.6 is 11.3 Å². The van der Waals surface area contributed by atoms with Gasteiger partial charge in [-0.15, -0.1) is 17.9 Å². The molecule has 0 spiro atoms. The Hall–Kier alpha value is -4.61. The lowest BCUT2D eigenvalue weighted by Gasteiger charge is -2.17. The molecule has 0 saturated heterocycles. The zero-order chi connectivity index (χ0) is 27.9. The van der Waals surface area contributed by atoms with E-state index >= 15 is 0 Å². The summed E-state index contributed by atoms with van der Waals surface area (Å²) in [7, 11) is 1.72. The van der Waals surface area contributed by atoms with E-state index in [1.165, 1.54) is 17.7 Å². The zero-order valence-electron chi connectivity index (χ0n) is 21.9. The van der Waals surface area contributed by atoms with Crippen molar-refractivity contribution in [2.24, 2.45) is 0 Å². The number of carbonyl (C=O) groups is 2. The van der Waals surface area contributed by atoms with Crippen LogP contribution in [0.1, 0.15) is 21.8 Å². The summed E-state index contributed by atoms with van der Waals surface area (Å²) >= 11 is 1.31. The summed E-state index contributed by atoms with van der Waals surface area (Å²) in [5.41, 5.74) is 3.12. The maximum atomic E-state index is 13.2. The van der Waals surface area contributed by atoms with Gasteiger partial charge in [0.05, 0.1) is 46.6 Å². The van der Waals surface area contributed by atoms with Gasteiger partial charge in [-0.2, -0.15) is 0 Å². The van der Waals surface area contributed by atoms with Crippen LogP contribution in [0.5, 0.6) is 0 Å². The Morgan fingerprint density at radius 1 is 1.23 bits per heavy atom. The highest BCUT2D eigenvalue weighted by atomic mass is 32.1. The number of pyridine rings is 1. The number of aromatic nitrogens is 4. The van der Waals surface area contributed by atoms with Gasteiger partial charge in [-0.1, -0.05) is 12.1 Å². The molecule has 4 heterocycles. The van der Waals surface area contributed by atoms with E-state index in [9.17, 15) is 9.59 Å². The minimum atomic E-state index is -0.280. The smallest absolute Gasteiger partial charge is 0.268 e. The van der Waals surface area contributed by atoms with Crippen molar-refractivity contribution in [3.8, 4) is 10.6 Å². The summed E-state index contributed by atoms with van der Waals surface area (Å²) in [6, 6.07) is 15.0. The fourth-order valence-electron chi connectivity index (χ4n) is 4.15. The molecule has 2 amide bonds. The van der Waals surface area contributed by atoms with E-state index in [4.69, 9.17) is 14.1 Å². The number of thiophene rings is 1. The number of imidazole rings is 1. The maximum absolute atomic E-state index is 13.2. The monoisotopic (exact) mass is 556 g/mol. The number of ether oxygens (including phenoxy) is 1. The Morgan fingerprint density at radius 3 is 2.90 bits per heavy atom. The quantitative estimate of drug-likeness (QED) is 0.166. The number of fused-ring (bicyclic) bond motifs is 1. The van der Waals surface area contributed by atoms with Gasteiger partial charge in [0.25, 0.3) is 5.91 Å². The van der Waals surface area contributed by atoms with Gasteiger partial charge in [0.2, 0.25) is 11.9 Å². The first-order valence-corrected chi connectivity index (χ1v) is 13.5. The summed E-state index contributed by atoms with van der Waals surface area (Å²) in [5, 5.41) is 2.97. The SMILES string of the molecule is C=CCOCCC(=O)N(C)c1ccc2c(c1)nc(NC(=O)c1ccc(-c3cnco3)s1)n2CCc1ccccn1. The van der Waals surface area contributed by atoms with E-state index < -0.39 is 0 Å². The normalized spacial score (nSPS) is 11.0. The molecule has 1 N–H and O–H groups in total. The number of aryl methyl sites for hydroxylation is 2. The number of rotatable bonds is 12. The van der Waals surface area contributed by atoms with E-state index in [2.05, 4.69) is 21.9 Å². The highest BCUT2D eigenvalue weighted by Crippen LogP contribution is 2.29. The number of hydrogen-bond donors (Lipinski definition) is 1. The molecule has 0 bridgehead atoms. The van der Waals surface area contributed by atoms with Crippen LogP contribution in [-0.4, -0.2) is 51.6 Å². The number of amides is 2. The van der Waals surface area contributed by atoms with Crippen LogP contribution in [0, 0.1) is 0 Å². The van der Waals surface area contributed by atoms with Gasteiger partial charge in [0.1, 0.15) is 0 Å². The topological polar surface area (TPSA) is 115 Å². The molecule has 0 unspecified atom stereocenters. The number of hydrogen-bond acceptors (Lipinski definition) is 8. The molecule has 10 nitrogen and oxygen atoms in total. The van der Waals surface area contributed by atoms with Crippen LogP contribution in [0.4, 0.5) is 11.6 Å². The predicted molar refractivity (Wildman–Crippen MR) is 154 cm³/mol. The van der Waals surface area contributed by atoms with Crippen LogP contribution in [0.2, 0.25) is 0 Å². The van der Waals surface area contributed by atoms with Crippen molar-refractivity contribution in [3.63, 3.8) is 0 Å². The molecule has 0 aliphatic heterocycles. The molecule has 5 aromatic rings. The van der Waals surface area contributed by atoms with Crippen LogP contribution in [0.15, 0.2) is 84.4 Å². The molecule has 0 aliphatic rings. The zero-order valence-corrected chi connectivity index (χ0v) is 22.8. The largest absolute Gasteiger partial charge is 0.443 e. The van der Waals surface area contributed by atoms with E-state index in [0.717, 1.165) is 16.1 Å². The molecule has 0 saturated carbocycles. The van der Waals surface area contributed by atoms with Gasteiger partial charge in [0.15, 0.2) is 12.2 Å². The summed E-state index contributed by atoms with van der Waals surface area (Å²) in [6.07, 6.45) is 7.27. The van der Waals surface area contributed by atoms with Crippen molar-refractivity contribution in [2.75, 3.05) is 30.5 Å². The second-order valence-electron chi connectivity index (χ2n) is 8.88. The molecule has 0 radical (unpaired) electrons. The highest BCUT2D eigenvalue weighted by molar-refractivity contribution is 7.17. The molecule has 0 fully saturated rings. The van der Waals surface area contributed by atoms with E-state index in [-0.39, 0.29) is 18.2 Å². The number of carbonyl (C=O) groups excluding carboxylic acids is 2. The second kappa shape index (κ2) is 12.5. The van der Waals surface area contributed by atoms with Crippen molar-refractivity contribution in [3.05, 3.63) is 90.5 Å². The Labute approximate surface area is 235 Å². The minimum absolute atomic E-state index is 0.0771. The lowest BCUT2D eigenvalue weighted by molar-refractivity contribution is -0.119. The van der Waals surface area contributed by atoms with Gasteiger partial charge in [-0.3, -0.25) is 19.9 Å². The standard InChI is InChI=1S/C29H28N6O4S/c1-3-15-38-16-12-27(36)34(2)21-7-8-23-22(17-21)32-29(35(23)14-11-20-6-4-5-13-31-20)33-28(37)26-10-9-25(40-26)24-18-30-19-39-24/h3-10,13,17-19H,1,11-12,14-16H2,2H3,(H,32,33,37). The number of oxazole rings is 1. The molecule has 204 valence electrons. The average molecular weight is 557 g/mol. The number of nitrogens with one attached hydrogen (secondary N) is 1. The fraction of sp³-hybridized carbons (Fsp3) is 0.207. The van der Waals surface area contributed by atoms with E-state index in [1.54, 1.807) is 36.5 Å². The molecule has 0 aliphatic carbocycles. The number of benzene rings is 1. The lowest BCUT2D eigenvalue weighted by atomic mass is 10.2. The van der Waals surface area contributed by atoms with Crippen molar-refractivity contribution in [2.45, 2.75) is 19.4 Å². The first kappa shape index (κ1) is 27.0. The first-order valence-electron chi connectivity index (χ1n) is 12.7. The average Bonchev–Trinajstić information content (AvgIpc) is 3.74. The summed E-state index contributed by atoms with van der Waals surface area (Å²) in [6.45, 7) is 4.88. The van der Waals surface area contributed by atoms with Crippen LogP contribution in [0.3, 0.4) is 0 Å². The van der Waals surface area contributed by atoms with Crippen LogP contribution < -0.4 is 10.2 Å². The van der Waals surface area contributed by atoms with Crippen LogP contribution in [-0.2, 0) is 22.5 Å². The fourth-order valence-corrected chi connectivity index (χ4v) is 5.01. The molecular weight excluding hydrogens is 528 g/mol. The van der Waals surface area contributed by atoms with Crippen LogP contribution in [0.25, 0.3) is 21.7 Å².